The monoisotopic (exact) mass is 327 g/mol. The lowest BCUT2D eigenvalue weighted by molar-refractivity contribution is -0.133. The zero-order valence-corrected chi connectivity index (χ0v) is 14.0. The molecule has 1 saturated heterocycles. The van der Waals surface area contributed by atoms with Gasteiger partial charge in [0.15, 0.2) is 0 Å². The summed E-state index contributed by atoms with van der Waals surface area (Å²) in [6.45, 7) is 5.80. The van der Waals surface area contributed by atoms with Crippen LogP contribution in [0.5, 0.6) is 0 Å². The van der Waals surface area contributed by atoms with Gasteiger partial charge in [-0.15, -0.1) is 12.4 Å². The van der Waals surface area contributed by atoms with E-state index in [9.17, 15) is 13.2 Å². The van der Waals surface area contributed by atoms with Gasteiger partial charge in [0.2, 0.25) is 15.9 Å². The first-order valence-corrected chi connectivity index (χ1v) is 8.61. The number of amides is 1. The Hall–Kier alpha value is -0.370. The van der Waals surface area contributed by atoms with Gasteiger partial charge < -0.3 is 10.6 Å². The van der Waals surface area contributed by atoms with Gasteiger partial charge in [0.05, 0.1) is 12.3 Å². The second kappa shape index (κ2) is 8.17. The van der Waals surface area contributed by atoms with Crippen LogP contribution in [0.2, 0.25) is 0 Å². The fourth-order valence-corrected chi connectivity index (χ4v) is 3.03. The molecule has 1 aliphatic rings. The highest BCUT2D eigenvalue weighted by atomic mass is 35.5. The number of hydrogen-bond donors (Lipinski definition) is 1. The lowest BCUT2D eigenvalue weighted by Gasteiger charge is -2.26. The maximum atomic E-state index is 12.2. The number of sulfonamides is 1. The maximum Gasteiger partial charge on any atom is 0.239 e. The Morgan fingerprint density at radius 1 is 1.25 bits per heavy atom. The molecule has 1 fully saturated rings. The van der Waals surface area contributed by atoms with Gasteiger partial charge in [-0.3, -0.25) is 4.79 Å². The van der Waals surface area contributed by atoms with E-state index in [4.69, 9.17) is 5.73 Å². The Morgan fingerprint density at radius 2 is 1.85 bits per heavy atom. The summed E-state index contributed by atoms with van der Waals surface area (Å²) in [5.41, 5.74) is 5.95. The highest BCUT2D eigenvalue weighted by Crippen LogP contribution is 2.12. The molecule has 0 saturated carbocycles. The molecule has 1 amide bonds. The highest BCUT2D eigenvalue weighted by Gasteiger charge is 2.28. The summed E-state index contributed by atoms with van der Waals surface area (Å²) >= 11 is 0. The van der Waals surface area contributed by atoms with Gasteiger partial charge in [-0.2, -0.15) is 0 Å². The predicted octanol–water partition coefficient (Wildman–Crippen LogP) is 0.276. The van der Waals surface area contributed by atoms with Crippen molar-refractivity contribution in [2.24, 2.45) is 11.7 Å². The van der Waals surface area contributed by atoms with Crippen molar-refractivity contribution in [3.63, 3.8) is 0 Å². The lowest BCUT2D eigenvalue weighted by atomic mass is 9.99. The van der Waals surface area contributed by atoms with Crippen LogP contribution in [-0.2, 0) is 14.8 Å². The average Bonchev–Trinajstić information content (AvgIpc) is 2.61. The largest absolute Gasteiger partial charge is 0.340 e. The van der Waals surface area contributed by atoms with Crippen molar-refractivity contribution in [2.45, 2.75) is 32.7 Å². The minimum atomic E-state index is -3.18. The summed E-state index contributed by atoms with van der Waals surface area (Å²) in [5.74, 6) is 0.0754. The normalized spacial score (nSPS) is 20.7. The van der Waals surface area contributed by atoms with Crippen molar-refractivity contribution in [1.29, 1.82) is 0 Å². The number of nitrogens with zero attached hydrogens (tertiary/aromatic N) is 2. The minimum absolute atomic E-state index is 0. The zero-order chi connectivity index (χ0) is 14.6. The molecular weight excluding hydrogens is 302 g/mol. The van der Waals surface area contributed by atoms with E-state index in [0.29, 0.717) is 32.6 Å². The Bertz CT molecular complexity index is 416. The van der Waals surface area contributed by atoms with E-state index in [1.54, 1.807) is 4.90 Å². The van der Waals surface area contributed by atoms with Crippen LogP contribution in [0.3, 0.4) is 0 Å². The van der Waals surface area contributed by atoms with Crippen LogP contribution in [0.25, 0.3) is 0 Å². The Balaban J connectivity index is 0.00000361. The molecule has 0 radical (unpaired) electrons. The van der Waals surface area contributed by atoms with Crippen molar-refractivity contribution < 1.29 is 13.2 Å². The molecule has 0 aliphatic carbocycles. The third kappa shape index (κ3) is 5.20. The molecule has 0 aromatic heterocycles. The molecule has 0 aromatic carbocycles. The molecule has 1 heterocycles. The van der Waals surface area contributed by atoms with Gasteiger partial charge in [-0.05, 0) is 12.3 Å². The topological polar surface area (TPSA) is 83.7 Å². The number of hydrogen-bond acceptors (Lipinski definition) is 4. The smallest absolute Gasteiger partial charge is 0.239 e. The summed E-state index contributed by atoms with van der Waals surface area (Å²) in [6, 6.07) is -0.491. The van der Waals surface area contributed by atoms with Crippen LogP contribution in [0.15, 0.2) is 0 Å². The molecule has 2 atom stereocenters. The van der Waals surface area contributed by atoms with Crippen molar-refractivity contribution >= 4 is 28.3 Å². The van der Waals surface area contributed by atoms with E-state index in [-0.39, 0.29) is 24.2 Å². The minimum Gasteiger partial charge on any atom is -0.340 e. The van der Waals surface area contributed by atoms with Crippen LogP contribution in [0.4, 0.5) is 0 Å². The average molecular weight is 328 g/mol. The number of carbonyl (C=O) groups is 1. The van der Waals surface area contributed by atoms with Crippen LogP contribution in [0, 0.1) is 5.92 Å². The molecule has 2 N–H and O–H groups in total. The molecule has 20 heavy (non-hydrogen) atoms. The lowest BCUT2D eigenvalue weighted by Crippen LogP contribution is -2.48. The fraction of sp³-hybridized carbons (Fsp3) is 0.917. The summed E-state index contributed by atoms with van der Waals surface area (Å²) in [5, 5.41) is 0. The first kappa shape index (κ1) is 19.6. The second-order valence-corrected chi connectivity index (χ2v) is 7.23. The molecule has 1 rings (SSSR count). The number of carbonyl (C=O) groups excluding carboxylic acids is 1. The first-order chi connectivity index (χ1) is 8.77. The van der Waals surface area contributed by atoms with E-state index >= 15 is 0 Å². The Kier molecular flexibility index (Phi) is 8.01. The van der Waals surface area contributed by atoms with Gasteiger partial charge in [0.1, 0.15) is 0 Å². The summed E-state index contributed by atoms with van der Waals surface area (Å²) in [7, 11) is -3.18. The van der Waals surface area contributed by atoms with E-state index in [0.717, 1.165) is 6.42 Å². The third-order valence-electron chi connectivity index (χ3n) is 3.78. The van der Waals surface area contributed by atoms with Gasteiger partial charge >= 0.3 is 0 Å². The number of rotatable bonds is 4. The molecule has 8 heteroatoms. The van der Waals surface area contributed by atoms with Crippen molar-refractivity contribution in [3.8, 4) is 0 Å². The van der Waals surface area contributed by atoms with Gasteiger partial charge in [0.25, 0.3) is 0 Å². The zero-order valence-electron chi connectivity index (χ0n) is 12.4. The van der Waals surface area contributed by atoms with Crippen LogP contribution >= 0.6 is 12.4 Å². The summed E-state index contributed by atoms with van der Waals surface area (Å²) < 4.78 is 24.4. The summed E-state index contributed by atoms with van der Waals surface area (Å²) in [4.78, 5) is 13.9. The van der Waals surface area contributed by atoms with Crippen LogP contribution < -0.4 is 5.73 Å². The predicted molar refractivity (Wildman–Crippen MR) is 82.3 cm³/mol. The van der Waals surface area contributed by atoms with Gasteiger partial charge in [-0.1, -0.05) is 20.3 Å². The van der Waals surface area contributed by atoms with E-state index in [1.807, 2.05) is 13.8 Å². The van der Waals surface area contributed by atoms with Crippen molar-refractivity contribution in [1.82, 2.24) is 9.21 Å². The highest BCUT2D eigenvalue weighted by molar-refractivity contribution is 7.88. The van der Waals surface area contributed by atoms with Gasteiger partial charge in [0, 0.05) is 26.2 Å². The van der Waals surface area contributed by atoms with Gasteiger partial charge in [-0.25, -0.2) is 12.7 Å². The van der Waals surface area contributed by atoms with E-state index < -0.39 is 16.1 Å². The molecule has 0 aromatic rings. The molecule has 1 aliphatic heterocycles. The first-order valence-electron chi connectivity index (χ1n) is 6.76. The Morgan fingerprint density at radius 3 is 2.35 bits per heavy atom. The third-order valence-corrected chi connectivity index (χ3v) is 5.08. The SMILES string of the molecule is CCC(C)C(N)C(=O)N1CCCN(S(C)(=O)=O)CC1.Cl. The Labute approximate surface area is 128 Å². The molecular formula is C12H26ClN3O3S. The number of halogens is 1. The van der Waals surface area contributed by atoms with Crippen molar-refractivity contribution in [2.75, 3.05) is 32.4 Å². The fourth-order valence-electron chi connectivity index (χ4n) is 2.15. The molecule has 2 unspecified atom stereocenters. The van der Waals surface area contributed by atoms with Crippen LogP contribution in [0.1, 0.15) is 26.7 Å². The van der Waals surface area contributed by atoms with E-state index in [2.05, 4.69) is 0 Å². The molecule has 0 spiro atoms. The van der Waals surface area contributed by atoms with Crippen LogP contribution in [-0.4, -0.2) is 62.0 Å². The quantitative estimate of drug-likeness (QED) is 0.803. The second-order valence-electron chi connectivity index (χ2n) is 5.25. The molecule has 6 nitrogen and oxygen atoms in total. The molecule has 120 valence electrons. The number of nitrogens with two attached hydrogens (primary N) is 1. The molecule has 0 bridgehead atoms. The standard InChI is InChI=1S/C12H25N3O3S.ClH/c1-4-10(2)11(13)12(16)14-6-5-7-15(9-8-14)19(3,17)18;/h10-11H,4-9,13H2,1-3H3;1H. The van der Waals surface area contributed by atoms with Crippen molar-refractivity contribution in [3.05, 3.63) is 0 Å². The summed E-state index contributed by atoms with van der Waals surface area (Å²) in [6.07, 6.45) is 2.72. The maximum absolute atomic E-state index is 12.2. The van der Waals surface area contributed by atoms with E-state index in [1.165, 1.54) is 10.6 Å².